The van der Waals surface area contributed by atoms with E-state index in [1.54, 1.807) is 0 Å². The van der Waals surface area contributed by atoms with E-state index in [4.69, 9.17) is 0 Å². The number of hydrogen-bond acceptors (Lipinski definition) is 2. The van der Waals surface area contributed by atoms with Gasteiger partial charge in [0.05, 0.1) is 0 Å². The number of rotatable bonds is 6. The third-order valence-electron chi connectivity index (χ3n) is 4.16. The molecule has 0 saturated carbocycles. The zero-order valence-electron chi connectivity index (χ0n) is 14.4. The molecule has 0 unspecified atom stereocenters. The summed E-state index contributed by atoms with van der Waals surface area (Å²) in [6, 6.07) is 27.9. The molecule has 122 valence electrons. The summed E-state index contributed by atoms with van der Waals surface area (Å²) in [4.78, 5) is 2.32. The van der Waals surface area contributed by atoms with Crippen molar-refractivity contribution in [3.05, 3.63) is 78.9 Å². The van der Waals surface area contributed by atoms with Gasteiger partial charge < -0.3 is 10.2 Å². The van der Waals surface area contributed by atoms with E-state index in [2.05, 4.69) is 96.9 Å². The van der Waals surface area contributed by atoms with Gasteiger partial charge in [-0.1, -0.05) is 42.5 Å². The van der Waals surface area contributed by atoms with Crippen LogP contribution in [0.1, 0.15) is 13.8 Å². The Balaban J connectivity index is 1.83. The Hall–Kier alpha value is -2.74. The molecule has 0 spiro atoms. The first kappa shape index (κ1) is 16.1. The zero-order valence-corrected chi connectivity index (χ0v) is 14.4. The maximum absolute atomic E-state index is 3.34. The van der Waals surface area contributed by atoms with Crippen LogP contribution < -0.4 is 10.2 Å². The van der Waals surface area contributed by atoms with Crippen molar-refractivity contribution in [3.63, 3.8) is 0 Å². The van der Waals surface area contributed by atoms with Crippen LogP contribution in [0.5, 0.6) is 0 Å². The number of nitrogens with zero attached hydrogens (tertiary/aromatic N) is 1. The maximum atomic E-state index is 3.34. The van der Waals surface area contributed by atoms with Crippen LogP contribution in [-0.4, -0.2) is 13.1 Å². The maximum Gasteiger partial charge on any atom is 0.0412 e. The van der Waals surface area contributed by atoms with Gasteiger partial charge in [-0.2, -0.15) is 0 Å². The van der Waals surface area contributed by atoms with Crippen LogP contribution in [-0.2, 0) is 0 Å². The van der Waals surface area contributed by atoms with Crippen LogP contribution in [0.15, 0.2) is 78.9 Å². The quantitative estimate of drug-likeness (QED) is 0.605. The highest BCUT2D eigenvalue weighted by Gasteiger charge is 2.07. The molecule has 0 atom stereocenters. The molecule has 0 heterocycles. The summed E-state index contributed by atoms with van der Waals surface area (Å²) < 4.78 is 0. The molecule has 1 N–H and O–H groups in total. The molecule has 0 radical (unpaired) electrons. The van der Waals surface area contributed by atoms with Gasteiger partial charge in [0.2, 0.25) is 0 Å². The lowest BCUT2D eigenvalue weighted by Crippen LogP contribution is -2.15. The molecular formula is C22H24N2. The van der Waals surface area contributed by atoms with Crippen LogP contribution >= 0.6 is 0 Å². The summed E-state index contributed by atoms with van der Waals surface area (Å²) >= 11 is 0. The lowest BCUT2D eigenvalue weighted by atomic mass is 10.1. The van der Waals surface area contributed by atoms with Crippen molar-refractivity contribution in [1.29, 1.82) is 0 Å². The van der Waals surface area contributed by atoms with Gasteiger partial charge in [-0.05, 0) is 61.4 Å². The molecule has 0 bridgehead atoms. The van der Waals surface area contributed by atoms with Crippen LogP contribution in [0.3, 0.4) is 0 Å². The van der Waals surface area contributed by atoms with Gasteiger partial charge in [0.15, 0.2) is 0 Å². The van der Waals surface area contributed by atoms with Crippen molar-refractivity contribution in [3.8, 4) is 11.1 Å². The lowest BCUT2D eigenvalue weighted by Gasteiger charge is -2.24. The van der Waals surface area contributed by atoms with Crippen molar-refractivity contribution in [2.75, 3.05) is 23.3 Å². The van der Waals surface area contributed by atoms with E-state index in [0.29, 0.717) is 0 Å². The average Bonchev–Trinajstić information content (AvgIpc) is 2.65. The molecule has 0 saturated heterocycles. The van der Waals surface area contributed by atoms with E-state index in [0.717, 1.165) is 18.8 Å². The smallest absolute Gasteiger partial charge is 0.0412 e. The molecule has 3 rings (SSSR count). The fourth-order valence-corrected chi connectivity index (χ4v) is 2.94. The summed E-state index contributed by atoms with van der Waals surface area (Å²) in [5, 5.41) is 3.34. The fourth-order valence-electron chi connectivity index (χ4n) is 2.94. The lowest BCUT2D eigenvalue weighted by molar-refractivity contribution is 1.02. The van der Waals surface area contributed by atoms with Crippen molar-refractivity contribution < 1.29 is 0 Å². The summed E-state index contributed by atoms with van der Waals surface area (Å²) in [6.45, 7) is 6.17. The first-order valence-electron chi connectivity index (χ1n) is 8.58. The third-order valence-corrected chi connectivity index (χ3v) is 4.16. The highest BCUT2D eigenvalue weighted by molar-refractivity contribution is 5.70. The second-order valence-corrected chi connectivity index (χ2v) is 5.73. The predicted octanol–water partition coefficient (Wildman–Crippen LogP) is 5.94. The number of nitrogens with one attached hydrogen (secondary N) is 1. The van der Waals surface area contributed by atoms with E-state index in [9.17, 15) is 0 Å². The van der Waals surface area contributed by atoms with E-state index in [1.165, 1.54) is 22.5 Å². The summed E-state index contributed by atoms with van der Waals surface area (Å²) in [5.41, 5.74) is 6.09. The Kier molecular flexibility index (Phi) is 5.17. The molecular weight excluding hydrogens is 292 g/mol. The van der Waals surface area contributed by atoms with Crippen molar-refractivity contribution in [2.45, 2.75) is 13.8 Å². The first-order valence-corrected chi connectivity index (χ1v) is 8.58. The Labute approximate surface area is 144 Å². The molecule has 0 aromatic heterocycles. The van der Waals surface area contributed by atoms with Gasteiger partial charge in [-0.3, -0.25) is 0 Å². The third kappa shape index (κ3) is 3.60. The highest BCUT2D eigenvalue weighted by Crippen LogP contribution is 2.28. The van der Waals surface area contributed by atoms with Crippen LogP contribution in [0.2, 0.25) is 0 Å². The highest BCUT2D eigenvalue weighted by atomic mass is 15.1. The second kappa shape index (κ2) is 7.69. The first-order chi connectivity index (χ1) is 11.8. The van der Waals surface area contributed by atoms with E-state index < -0.39 is 0 Å². The topological polar surface area (TPSA) is 15.3 Å². The number of hydrogen-bond donors (Lipinski definition) is 1. The Bertz CT molecular complexity index is 746. The zero-order chi connectivity index (χ0) is 16.8. The molecule has 0 fully saturated rings. The standard InChI is InChI=1S/C22H24N2/c1-3-23-20-12-16-22(17-13-20)24(4-2)21-14-10-19(11-15-21)18-8-6-5-7-9-18/h5-17,23H,3-4H2,1-2H3. The summed E-state index contributed by atoms with van der Waals surface area (Å²) in [5.74, 6) is 0. The van der Waals surface area contributed by atoms with Crippen molar-refractivity contribution in [1.82, 2.24) is 0 Å². The van der Waals surface area contributed by atoms with E-state index in [-0.39, 0.29) is 0 Å². The van der Waals surface area contributed by atoms with Gasteiger partial charge in [0.1, 0.15) is 0 Å². The summed E-state index contributed by atoms with van der Waals surface area (Å²) in [7, 11) is 0. The normalized spacial score (nSPS) is 10.4. The van der Waals surface area contributed by atoms with Gasteiger partial charge in [0.25, 0.3) is 0 Å². The van der Waals surface area contributed by atoms with Crippen LogP contribution in [0.25, 0.3) is 11.1 Å². The van der Waals surface area contributed by atoms with Crippen LogP contribution in [0.4, 0.5) is 17.1 Å². The molecule has 24 heavy (non-hydrogen) atoms. The molecule has 2 heteroatoms. The predicted molar refractivity (Wildman–Crippen MR) is 105 cm³/mol. The minimum atomic E-state index is 0.936. The minimum absolute atomic E-state index is 0.936. The minimum Gasteiger partial charge on any atom is -0.385 e. The second-order valence-electron chi connectivity index (χ2n) is 5.73. The summed E-state index contributed by atoms with van der Waals surface area (Å²) in [6.07, 6.45) is 0. The monoisotopic (exact) mass is 316 g/mol. The average molecular weight is 316 g/mol. The Morgan fingerprint density at radius 2 is 1.21 bits per heavy atom. The Morgan fingerprint density at radius 1 is 0.667 bits per heavy atom. The largest absolute Gasteiger partial charge is 0.385 e. The van der Waals surface area contributed by atoms with Crippen LogP contribution in [0, 0.1) is 0 Å². The molecule has 2 nitrogen and oxygen atoms in total. The molecule has 0 amide bonds. The van der Waals surface area contributed by atoms with Gasteiger partial charge in [0, 0.05) is 30.2 Å². The van der Waals surface area contributed by atoms with Gasteiger partial charge in [-0.25, -0.2) is 0 Å². The Morgan fingerprint density at radius 3 is 1.75 bits per heavy atom. The SMILES string of the molecule is CCNc1ccc(N(CC)c2ccc(-c3ccccc3)cc2)cc1. The number of anilines is 3. The van der Waals surface area contributed by atoms with E-state index >= 15 is 0 Å². The van der Waals surface area contributed by atoms with Gasteiger partial charge in [-0.15, -0.1) is 0 Å². The number of benzene rings is 3. The van der Waals surface area contributed by atoms with E-state index in [1.807, 2.05) is 6.07 Å². The molecule has 3 aromatic rings. The fraction of sp³-hybridized carbons (Fsp3) is 0.182. The molecule has 0 aliphatic heterocycles. The molecule has 0 aliphatic carbocycles. The molecule has 3 aromatic carbocycles. The van der Waals surface area contributed by atoms with Crippen molar-refractivity contribution >= 4 is 17.1 Å². The van der Waals surface area contributed by atoms with Crippen molar-refractivity contribution in [2.24, 2.45) is 0 Å². The van der Waals surface area contributed by atoms with Gasteiger partial charge >= 0.3 is 0 Å². The molecule has 0 aliphatic rings.